The largest absolute Gasteiger partial charge is 0.487 e. The molecule has 12 heteroatoms. The van der Waals surface area contributed by atoms with Crippen molar-refractivity contribution in [2.24, 2.45) is 0 Å². The van der Waals surface area contributed by atoms with Crippen LogP contribution in [0.2, 0.25) is 0 Å². The van der Waals surface area contributed by atoms with Crippen molar-refractivity contribution in [3.63, 3.8) is 0 Å². The summed E-state index contributed by atoms with van der Waals surface area (Å²) >= 11 is 6.53. The first-order chi connectivity index (χ1) is 19.0. The van der Waals surface area contributed by atoms with E-state index in [1.807, 2.05) is 19.9 Å². The average molecular weight is 688 g/mol. The van der Waals surface area contributed by atoms with Crippen LogP contribution < -0.4 is 9.47 Å². The van der Waals surface area contributed by atoms with Gasteiger partial charge in [0.2, 0.25) is 5.75 Å². The van der Waals surface area contributed by atoms with Crippen LogP contribution in [0.25, 0.3) is 0 Å². The second-order valence-electron chi connectivity index (χ2n) is 7.96. The third kappa shape index (κ3) is 13.7. The maximum atomic E-state index is 11.0. The molecule has 220 valence electrons. The lowest BCUT2D eigenvalue weighted by molar-refractivity contribution is -0.386. The number of carbonyl (C=O) groups excluding carboxylic acids is 1. The van der Waals surface area contributed by atoms with Gasteiger partial charge in [-0.15, -0.1) is 6.58 Å². The van der Waals surface area contributed by atoms with Gasteiger partial charge in [0, 0.05) is 39.1 Å². The van der Waals surface area contributed by atoms with Gasteiger partial charge in [-0.05, 0) is 38.3 Å². The van der Waals surface area contributed by atoms with Gasteiger partial charge in [-0.25, -0.2) is 0 Å². The predicted octanol–water partition coefficient (Wildman–Crippen LogP) is 8.32. The molecule has 0 radical (unpaired) electrons. The van der Waals surface area contributed by atoms with Crippen LogP contribution in [-0.2, 0) is 22.4 Å². The van der Waals surface area contributed by atoms with Crippen LogP contribution in [0.1, 0.15) is 51.7 Å². The van der Waals surface area contributed by atoms with E-state index in [9.17, 15) is 25.0 Å². The fourth-order valence-electron chi connectivity index (χ4n) is 3.18. The Balaban J connectivity index is 0.000000634. The maximum Gasteiger partial charge on any atom is 0.312 e. The molecular weight excluding hydrogens is 652 g/mol. The molecule has 40 heavy (non-hydrogen) atoms. The smallest absolute Gasteiger partial charge is 0.312 e. The summed E-state index contributed by atoms with van der Waals surface area (Å²) in [4.78, 5) is 30.9. The number of esters is 1. The molecule has 0 atom stereocenters. The number of carbonyl (C=O) groups is 1. The Bertz CT molecular complexity index is 1160. The highest BCUT2D eigenvalue weighted by atomic mass is 79.9. The SMILES string of the molecule is C=CCOc1c(CC=C)cc(Br)cc1[N+](=O)[O-].CCCOc1c(CCC)cc(Br)cc1[N+](=O)[O-].CCOC(C)=O. The number of aryl methyl sites for hydroxylation is 1. The number of allylic oxidation sites excluding steroid dienone is 1. The van der Waals surface area contributed by atoms with Gasteiger partial charge < -0.3 is 14.2 Å². The summed E-state index contributed by atoms with van der Waals surface area (Å²) in [6.07, 6.45) is 6.26. The van der Waals surface area contributed by atoms with Crippen molar-refractivity contribution in [1.82, 2.24) is 0 Å². The fraction of sp³-hybridized carbons (Fsp3) is 0.393. The Kier molecular flexibility index (Phi) is 18.9. The maximum absolute atomic E-state index is 11.0. The topological polar surface area (TPSA) is 131 Å². The van der Waals surface area contributed by atoms with Gasteiger partial charge in [0.1, 0.15) is 6.61 Å². The Morgan fingerprint density at radius 3 is 1.77 bits per heavy atom. The van der Waals surface area contributed by atoms with Gasteiger partial charge in [0.25, 0.3) is 0 Å². The van der Waals surface area contributed by atoms with Gasteiger partial charge in [-0.2, -0.15) is 0 Å². The standard InChI is InChI=1S/C12H16BrNO3.C12H12BrNO3.C4H8O2/c2*1-3-5-9-7-10(13)8-11(14(15)16)12(9)17-6-4-2;1-3-6-4(2)5/h7-8H,3-6H2,1-2H3;3-4,7-8H,1-2,5-6H2;3H2,1-2H3. The van der Waals surface area contributed by atoms with E-state index < -0.39 is 9.85 Å². The first-order valence-electron chi connectivity index (χ1n) is 12.5. The quantitative estimate of drug-likeness (QED) is 0.0889. The van der Waals surface area contributed by atoms with E-state index >= 15 is 0 Å². The number of rotatable bonds is 13. The highest BCUT2D eigenvalue weighted by molar-refractivity contribution is 9.10. The van der Waals surface area contributed by atoms with Crippen LogP contribution in [0, 0.1) is 20.2 Å². The number of ether oxygens (including phenoxy) is 3. The molecule has 0 N–H and O–H groups in total. The summed E-state index contributed by atoms with van der Waals surface area (Å²) in [5.41, 5.74) is 1.60. The van der Waals surface area contributed by atoms with Gasteiger partial charge in [0.15, 0.2) is 5.75 Å². The summed E-state index contributed by atoms with van der Waals surface area (Å²) in [6.45, 7) is 15.5. The molecule has 0 aliphatic heterocycles. The van der Waals surface area contributed by atoms with Crippen LogP contribution in [0.3, 0.4) is 0 Å². The normalized spacial score (nSPS) is 9.65. The Morgan fingerprint density at radius 1 is 0.875 bits per heavy atom. The second kappa shape index (κ2) is 20.6. The summed E-state index contributed by atoms with van der Waals surface area (Å²) in [5.74, 6) is 0.484. The molecule has 10 nitrogen and oxygen atoms in total. The molecule has 2 aromatic rings. The number of nitro benzene ring substituents is 2. The average Bonchev–Trinajstić information content (AvgIpc) is 2.88. The third-order valence-corrected chi connectivity index (χ3v) is 5.56. The van der Waals surface area contributed by atoms with Crippen molar-refractivity contribution in [1.29, 1.82) is 0 Å². The zero-order chi connectivity index (χ0) is 30.7. The van der Waals surface area contributed by atoms with E-state index in [4.69, 9.17) is 9.47 Å². The molecule has 0 saturated heterocycles. The van der Waals surface area contributed by atoms with Crippen LogP contribution >= 0.6 is 31.9 Å². The van der Waals surface area contributed by atoms with Crippen molar-refractivity contribution in [2.75, 3.05) is 19.8 Å². The lowest BCUT2D eigenvalue weighted by Crippen LogP contribution is -2.03. The molecule has 2 rings (SSSR count). The number of hydrogen-bond acceptors (Lipinski definition) is 8. The molecular formula is C28H36Br2N2O8. The molecule has 2 aromatic carbocycles. The molecule has 0 bridgehead atoms. The van der Waals surface area contributed by atoms with Crippen molar-refractivity contribution >= 4 is 49.2 Å². The van der Waals surface area contributed by atoms with E-state index in [1.54, 1.807) is 25.1 Å². The summed E-state index contributed by atoms with van der Waals surface area (Å²) in [5, 5.41) is 21.9. The van der Waals surface area contributed by atoms with Crippen molar-refractivity contribution in [3.05, 3.63) is 89.9 Å². The van der Waals surface area contributed by atoms with Gasteiger partial charge in [-0.3, -0.25) is 25.0 Å². The molecule has 0 unspecified atom stereocenters. The van der Waals surface area contributed by atoms with Crippen LogP contribution in [0.5, 0.6) is 11.5 Å². The molecule has 0 aromatic heterocycles. The van der Waals surface area contributed by atoms with Crippen LogP contribution in [0.15, 0.2) is 58.5 Å². The summed E-state index contributed by atoms with van der Waals surface area (Å²) < 4.78 is 16.6. The Hall–Kier alpha value is -3.25. The Labute approximate surface area is 252 Å². The third-order valence-electron chi connectivity index (χ3n) is 4.64. The minimum absolute atomic E-state index is 0.0382. The van der Waals surface area contributed by atoms with Gasteiger partial charge in [0.05, 0.1) is 23.1 Å². The molecule has 0 heterocycles. The lowest BCUT2D eigenvalue weighted by atomic mass is 10.1. The monoisotopic (exact) mass is 686 g/mol. The molecule has 0 aliphatic carbocycles. The summed E-state index contributed by atoms with van der Waals surface area (Å²) in [6, 6.07) is 6.59. The first kappa shape index (κ1) is 36.8. The zero-order valence-electron chi connectivity index (χ0n) is 23.2. The van der Waals surface area contributed by atoms with E-state index in [-0.39, 0.29) is 29.7 Å². The van der Waals surface area contributed by atoms with Crippen LogP contribution in [0.4, 0.5) is 11.4 Å². The van der Waals surface area contributed by atoms with E-state index in [0.29, 0.717) is 29.9 Å². The molecule has 0 spiro atoms. The Morgan fingerprint density at radius 2 is 1.40 bits per heavy atom. The number of benzene rings is 2. The molecule has 0 amide bonds. The summed E-state index contributed by atoms with van der Waals surface area (Å²) in [7, 11) is 0. The zero-order valence-corrected chi connectivity index (χ0v) is 26.4. The van der Waals surface area contributed by atoms with Gasteiger partial charge in [-0.1, -0.05) is 70.9 Å². The number of nitrogens with zero attached hydrogens (tertiary/aromatic N) is 2. The minimum Gasteiger partial charge on any atom is -0.487 e. The van der Waals surface area contributed by atoms with Crippen molar-refractivity contribution < 1.29 is 28.9 Å². The van der Waals surface area contributed by atoms with E-state index in [1.165, 1.54) is 19.1 Å². The van der Waals surface area contributed by atoms with E-state index in [2.05, 4.69) is 49.8 Å². The number of halogens is 2. The van der Waals surface area contributed by atoms with Crippen molar-refractivity contribution in [2.45, 2.75) is 53.4 Å². The van der Waals surface area contributed by atoms with Crippen molar-refractivity contribution in [3.8, 4) is 11.5 Å². The second-order valence-corrected chi connectivity index (χ2v) is 9.79. The highest BCUT2D eigenvalue weighted by Gasteiger charge is 2.21. The molecule has 0 saturated carbocycles. The molecule has 0 fully saturated rings. The number of hydrogen-bond donors (Lipinski definition) is 0. The lowest BCUT2D eigenvalue weighted by Gasteiger charge is -2.11. The van der Waals surface area contributed by atoms with Gasteiger partial charge >= 0.3 is 17.3 Å². The van der Waals surface area contributed by atoms with E-state index in [0.717, 1.165) is 34.9 Å². The number of nitro groups is 2. The van der Waals surface area contributed by atoms with Crippen LogP contribution in [-0.4, -0.2) is 35.6 Å². The minimum atomic E-state index is -0.463. The predicted molar refractivity (Wildman–Crippen MR) is 163 cm³/mol. The molecule has 0 aliphatic rings. The highest BCUT2D eigenvalue weighted by Crippen LogP contribution is 2.36. The fourth-order valence-corrected chi connectivity index (χ4v) is 4.17. The first-order valence-corrected chi connectivity index (χ1v) is 14.1.